The van der Waals surface area contributed by atoms with E-state index in [0.29, 0.717) is 33.3 Å². The molecule has 0 bridgehead atoms. The van der Waals surface area contributed by atoms with Crippen LogP contribution in [0.15, 0.2) is 59.5 Å². The number of ether oxygens (including phenoxy) is 1. The molecule has 0 spiro atoms. The fraction of sp³-hybridized carbons (Fsp3) is 0.333. The number of esters is 1. The number of carbonyl (C=O) groups is 1. The maximum absolute atomic E-state index is 12.8. The number of aliphatic hydroxyl groups excluding tert-OH is 1. The summed E-state index contributed by atoms with van der Waals surface area (Å²) in [5.41, 5.74) is 2.21. The monoisotopic (exact) mass is 475 g/mol. The van der Waals surface area contributed by atoms with E-state index in [1.165, 1.54) is 6.26 Å². The number of furan rings is 1. The van der Waals surface area contributed by atoms with E-state index in [4.69, 9.17) is 9.15 Å². The summed E-state index contributed by atoms with van der Waals surface area (Å²) in [6.45, 7) is 6.99. The van der Waals surface area contributed by atoms with Crippen molar-refractivity contribution in [3.63, 3.8) is 0 Å². The zero-order chi connectivity index (χ0) is 24.5. The lowest BCUT2D eigenvalue weighted by molar-refractivity contribution is 0.00694. The summed E-state index contributed by atoms with van der Waals surface area (Å²) in [7, 11) is 0. The van der Waals surface area contributed by atoms with Crippen molar-refractivity contribution in [1.82, 2.24) is 14.8 Å². The molecule has 1 atom stereocenters. The van der Waals surface area contributed by atoms with E-state index < -0.39 is 12.8 Å². The molecule has 35 heavy (non-hydrogen) atoms. The van der Waals surface area contributed by atoms with Crippen LogP contribution in [0.4, 0.5) is 0 Å². The van der Waals surface area contributed by atoms with Gasteiger partial charge < -0.3 is 19.4 Å². The van der Waals surface area contributed by atoms with Gasteiger partial charge in [-0.1, -0.05) is 24.3 Å². The molecule has 1 aliphatic rings. The first-order valence-corrected chi connectivity index (χ1v) is 11.8. The first-order valence-electron chi connectivity index (χ1n) is 11.8. The summed E-state index contributed by atoms with van der Waals surface area (Å²) in [5, 5.41) is 22.8. The Morgan fingerprint density at radius 3 is 2.37 bits per heavy atom. The van der Waals surface area contributed by atoms with Crippen molar-refractivity contribution in [1.29, 1.82) is 0 Å². The molecule has 182 valence electrons. The number of aromatic hydroxyl groups is 1. The lowest BCUT2D eigenvalue weighted by Crippen LogP contribution is -2.50. The molecule has 2 N–H and O–H groups in total. The highest BCUT2D eigenvalue weighted by Crippen LogP contribution is 2.46. The van der Waals surface area contributed by atoms with E-state index in [0.717, 1.165) is 31.7 Å². The smallest absolute Gasteiger partial charge is 0.344 e. The Balaban J connectivity index is 1.77. The number of hydrogen-bond donors (Lipinski definition) is 2. The number of piperazine rings is 1. The predicted molar refractivity (Wildman–Crippen MR) is 132 cm³/mol. The van der Waals surface area contributed by atoms with Crippen LogP contribution in [0.1, 0.15) is 41.4 Å². The molecule has 0 aliphatic carbocycles. The molecule has 4 aromatic rings. The van der Waals surface area contributed by atoms with E-state index >= 15 is 0 Å². The van der Waals surface area contributed by atoms with E-state index in [9.17, 15) is 15.0 Å². The number of nitrogens with zero attached hydrogens (tertiary/aromatic N) is 3. The molecule has 1 saturated heterocycles. The van der Waals surface area contributed by atoms with E-state index in [2.05, 4.69) is 28.6 Å². The van der Waals surface area contributed by atoms with Gasteiger partial charge in [0.1, 0.15) is 23.2 Å². The van der Waals surface area contributed by atoms with Crippen LogP contribution in [0.2, 0.25) is 0 Å². The molecule has 0 radical (unpaired) electrons. The highest BCUT2D eigenvalue weighted by atomic mass is 16.6. The van der Waals surface area contributed by atoms with Gasteiger partial charge in [-0.05, 0) is 31.5 Å². The first kappa shape index (κ1) is 23.3. The lowest BCUT2D eigenvalue weighted by atomic mass is 9.89. The fourth-order valence-corrected chi connectivity index (χ4v) is 5.15. The lowest BCUT2D eigenvalue weighted by Gasteiger charge is -2.41. The van der Waals surface area contributed by atoms with Crippen LogP contribution in [0, 0.1) is 0 Å². The molecule has 2 aromatic carbocycles. The third-order valence-electron chi connectivity index (χ3n) is 6.90. The second-order valence-corrected chi connectivity index (χ2v) is 9.07. The fourth-order valence-electron chi connectivity index (χ4n) is 5.15. The molecule has 5 rings (SSSR count). The summed E-state index contributed by atoms with van der Waals surface area (Å²) >= 11 is 0. The van der Waals surface area contributed by atoms with E-state index in [-0.39, 0.29) is 17.4 Å². The normalized spacial score (nSPS) is 16.2. The van der Waals surface area contributed by atoms with Crippen molar-refractivity contribution >= 4 is 27.7 Å². The number of pyridine rings is 1. The number of fused-ring (bicyclic) bond motifs is 3. The maximum atomic E-state index is 12.8. The van der Waals surface area contributed by atoms with Gasteiger partial charge in [0, 0.05) is 66.3 Å². The van der Waals surface area contributed by atoms with Gasteiger partial charge in [-0.2, -0.15) is 0 Å². The number of aliphatic hydroxyl groups is 1. The van der Waals surface area contributed by atoms with Gasteiger partial charge in [-0.15, -0.1) is 0 Å². The predicted octanol–water partition coefficient (Wildman–Crippen LogP) is 3.91. The summed E-state index contributed by atoms with van der Waals surface area (Å²) in [6.07, 6.45) is 4.81. The Morgan fingerprint density at radius 2 is 1.71 bits per heavy atom. The van der Waals surface area contributed by atoms with Crippen molar-refractivity contribution in [3.05, 3.63) is 71.7 Å². The van der Waals surface area contributed by atoms with Crippen LogP contribution >= 0.6 is 0 Å². The molecule has 1 aliphatic heterocycles. The minimum Gasteiger partial charge on any atom is -0.507 e. The highest BCUT2D eigenvalue weighted by Gasteiger charge is 2.34. The Bertz CT molecular complexity index is 1340. The summed E-state index contributed by atoms with van der Waals surface area (Å²) in [6, 6.07) is 11.4. The van der Waals surface area contributed by atoms with Gasteiger partial charge in [-0.3, -0.25) is 14.8 Å². The molecule has 8 heteroatoms. The van der Waals surface area contributed by atoms with Crippen molar-refractivity contribution < 1.29 is 24.2 Å². The average Bonchev–Trinajstić information content (AvgIpc) is 3.32. The number of benzene rings is 2. The van der Waals surface area contributed by atoms with Crippen molar-refractivity contribution in [2.75, 3.05) is 33.0 Å². The Labute approximate surface area is 203 Å². The Morgan fingerprint density at radius 1 is 1.06 bits per heavy atom. The molecule has 3 heterocycles. The van der Waals surface area contributed by atoms with Gasteiger partial charge in [-0.25, -0.2) is 4.79 Å². The van der Waals surface area contributed by atoms with Crippen molar-refractivity contribution in [2.24, 2.45) is 0 Å². The van der Waals surface area contributed by atoms with Gasteiger partial charge in [0.2, 0.25) is 0 Å². The summed E-state index contributed by atoms with van der Waals surface area (Å²) in [4.78, 5) is 21.8. The molecule has 2 aromatic heterocycles. The number of aromatic nitrogens is 1. The molecule has 1 fully saturated rings. The second kappa shape index (κ2) is 9.65. The third-order valence-corrected chi connectivity index (χ3v) is 6.90. The van der Waals surface area contributed by atoms with E-state index in [1.807, 2.05) is 36.4 Å². The van der Waals surface area contributed by atoms with Crippen molar-refractivity contribution in [3.8, 4) is 5.75 Å². The van der Waals surface area contributed by atoms with Gasteiger partial charge >= 0.3 is 5.97 Å². The summed E-state index contributed by atoms with van der Waals surface area (Å²) < 4.78 is 10.8. The molecular weight excluding hydrogens is 446 g/mol. The van der Waals surface area contributed by atoms with Crippen LogP contribution in [0.3, 0.4) is 0 Å². The van der Waals surface area contributed by atoms with Gasteiger partial charge in [0.05, 0.1) is 6.04 Å². The zero-order valence-corrected chi connectivity index (χ0v) is 19.8. The number of phenols is 1. The molecule has 1 unspecified atom stereocenters. The SMILES string of the molecule is CC(C)N1CCN(C(c2ccncc2)c2c(O)c3ccccc3c3occ(C(=O)OCO)c23)CC1. The zero-order valence-electron chi connectivity index (χ0n) is 19.8. The average molecular weight is 476 g/mol. The highest BCUT2D eigenvalue weighted by molar-refractivity contribution is 6.16. The van der Waals surface area contributed by atoms with Gasteiger partial charge in [0.25, 0.3) is 0 Å². The van der Waals surface area contributed by atoms with Crippen LogP contribution in [0.25, 0.3) is 21.7 Å². The number of hydrogen-bond acceptors (Lipinski definition) is 8. The van der Waals surface area contributed by atoms with E-state index in [1.54, 1.807) is 12.4 Å². The van der Waals surface area contributed by atoms with Crippen LogP contribution in [-0.2, 0) is 4.74 Å². The standard InChI is InChI=1S/C27H29N3O5/c1-17(2)29-11-13-30(14-12-29)24(18-7-9-28-10-8-18)23-22-21(27(33)35-16-31)15-34-26(22)20-6-4-3-5-19(20)25(23)32/h3-10,15,17,24,31-32H,11-14,16H2,1-2H3. The largest absolute Gasteiger partial charge is 0.507 e. The van der Waals surface area contributed by atoms with Crippen LogP contribution in [-0.4, -0.2) is 70.0 Å². The van der Waals surface area contributed by atoms with Crippen LogP contribution < -0.4 is 0 Å². The maximum Gasteiger partial charge on any atom is 0.344 e. The summed E-state index contributed by atoms with van der Waals surface area (Å²) in [5.74, 6) is -0.610. The number of phenolic OH excluding ortho intramolecular Hbond substituents is 1. The molecule has 0 amide bonds. The second-order valence-electron chi connectivity index (χ2n) is 9.07. The minimum atomic E-state index is -0.745. The quantitative estimate of drug-likeness (QED) is 0.320. The minimum absolute atomic E-state index is 0.0978. The van der Waals surface area contributed by atoms with Crippen LogP contribution in [0.5, 0.6) is 5.75 Å². The number of carbonyl (C=O) groups excluding carboxylic acids is 1. The Hall–Kier alpha value is -3.46. The first-order chi connectivity index (χ1) is 17.0. The topological polar surface area (TPSA) is 99.3 Å². The Kier molecular flexibility index (Phi) is 6.42. The van der Waals surface area contributed by atoms with Crippen molar-refractivity contribution in [2.45, 2.75) is 25.9 Å². The molecule has 0 saturated carbocycles. The number of rotatable bonds is 6. The molecular formula is C27H29N3O5. The van der Waals surface area contributed by atoms with Gasteiger partial charge in [0.15, 0.2) is 6.79 Å². The molecule has 8 nitrogen and oxygen atoms in total. The third kappa shape index (κ3) is 4.14.